The second-order valence-electron chi connectivity index (χ2n) is 8.43. The zero-order chi connectivity index (χ0) is 21.6. The Kier molecular flexibility index (Phi) is 6.77. The maximum Gasteiger partial charge on any atom is 0.276 e. The average Bonchev–Trinajstić information content (AvgIpc) is 3.28. The largest absolute Gasteiger partial charge is 0.359 e. The standard InChI is InChI=1S/C25H30N4O2/c1-19(23-10-6-7-13-26-23)28(2)25(30)24-17-22(31-27-24)18-29-14-11-21(12-15-29)16-20-8-4-3-5-9-20/h3-10,13,17,19,21H,11-12,14-16,18H2,1-2H3/t19-/m1/s1. The minimum atomic E-state index is -0.158. The lowest BCUT2D eigenvalue weighted by Gasteiger charge is -2.31. The lowest BCUT2D eigenvalue weighted by Crippen LogP contribution is -2.33. The first-order valence-electron chi connectivity index (χ1n) is 11.0. The van der Waals surface area contributed by atoms with Gasteiger partial charge in [-0.15, -0.1) is 0 Å². The van der Waals surface area contributed by atoms with Crippen molar-refractivity contribution < 1.29 is 9.32 Å². The maximum atomic E-state index is 12.8. The Bertz CT molecular complexity index is 965. The number of likely N-dealkylation sites (tertiary alicyclic amines) is 1. The first-order valence-corrected chi connectivity index (χ1v) is 11.0. The number of amides is 1. The van der Waals surface area contributed by atoms with Crippen LogP contribution in [0, 0.1) is 5.92 Å². The van der Waals surface area contributed by atoms with Gasteiger partial charge in [0.15, 0.2) is 11.5 Å². The lowest BCUT2D eigenvalue weighted by atomic mass is 9.90. The number of carbonyl (C=O) groups excluding carboxylic acids is 1. The average molecular weight is 419 g/mol. The number of benzene rings is 1. The lowest BCUT2D eigenvalue weighted by molar-refractivity contribution is 0.0729. The summed E-state index contributed by atoms with van der Waals surface area (Å²) >= 11 is 0. The third-order valence-electron chi connectivity index (χ3n) is 6.25. The molecule has 31 heavy (non-hydrogen) atoms. The highest BCUT2D eigenvalue weighted by molar-refractivity contribution is 5.92. The normalized spacial score (nSPS) is 16.2. The monoisotopic (exact) mass is 418 g/mol. The number of carbonyl (C=O) groups is 1. The quantitative estimate of drug-likeness (QED) is 0.571. The van der Waals surface area contributed by atoms with Crippen molar-refractivity contribution in [2.75, 3.05) is 20.1 Å². The number of hydrogen-bond acceptors (Lipinski definition) is 5. The van der Waals surface area contributed by atoms with E-state index in [9.17, 15) is 4.79 Å². The van der Waals surface area contributed by atoms with E-state index in [0.717, 1.165) is 36.9 Å². The molecule has 1 saturated heterocycles. The molecule has 0 aliphatic carbocycles. The van der Waals surface area contributed by atoms with Gasteiger partial charge in [-0.25, -0.2) is 0 Å². The summed E-state index contributed by atoms with van der Waals surface area (Å²) in [4.78, 5) is 21.2. The fourth-order valence-electron chi connectivity index (χ4n) is 4.18. The molecule has 0 unspecified atom stereocenters. The topological polar surface area (TPSA) is 62.5 Å². The van der Waals surface area contributed by atoms with Gasteiger partial charge in [0.1, 0.15) is 0 Å². The first kappa shape index (κ1) is 21.2. The van der Waals surface area contributed by atoms with Crippen molar-refractivity contribution in [1.29, 1.82) is 0 Å². The van der Waals surface area contributed by atoms with Crippen LogP contribution in [0.4, 0.5) is 0 Å². The van der Waals surface area contributed by atoms with E-state index in [-0.39, 0.29) is 11.9 Å². The third kappa shape index (κ3) is 5.39. The van der Waals surface area contributed by atoms with Gasteiger partial charge >= 0.3 is 0 Å². The Hall–Kier alpha value is -2.99. The van der Waals surface area contributed by atoms with Crippen LogP contribution < -0.4 is 0 Å². The third-order valence-corrected chi connectivity index (χ3v) is 6.25. The maximum absolute atomic E-state index is 12.8. The number of piperidine rings is 1. The predicted molar refractivity (Wildman–Crippen MR) is 119 cm³/mol. The van der Waals surface area contributed by atoms with E-state index in [1.165, 1.54) is 18.4 Å². The molecular weight excluding hydrogens is 388 g/mol. The van der Waals surface area contributed by atoms with E-state index in [1.54, 1.807) is 24.2 Å². The second-order valence-corrected chi connectivity index (χ2v) is 8.43. The fraction of sp³-hybridized carbons (Fsp3) is 0.400. The zero-order valence-electron chi connectivity index (χ0n) is 18.3. The molecule has 1 aliphatic rings. The van der Waals surface area contributed by atoms with Gasteiger partial charge in [0, 0.05) is 19.3 Å². The van der Waals surface area contributed by atoms with E-state index in [4.69, 9.17) is 4.52 Å². The van der Waals surface area contributed by atoms with Gasteiger partial charge < -0.3 is 9.42 Å². The van der Waals surface area contributed by atoms with Crippen molar-refractivity contribution in [2.45, 2.75) is 38.8 Å². The molecule has 0 bridgehead atoms. The van der Waals surface area contributed by atoms with Crippen molar-refractivity contribution in [1.82, 2.24) is 19.9 Å². The summed E-state index contributed by atoms with van der Waals surface area (Å²) in [6.07, 6.45) is 5.25. The first-order chi connectivity index (χ1) is 15.1. The Morgan fingerprint density at radius 1 is 1.16 bits per heavy atom. The van der Waals surface area contributed by atoms with Gasteiger partial charge in [0.2, 0.25) is 0 Å². The molecular formula is C25H30N4O2. The van der Waals surface area contributed by atoms with Crippen molar-refractivity contribution in [3.05, 3.63) is 83.5 Å². The molecule has 4 rings (SSSR count). The summed E-state index contributed by atoms with van der Waals surface area (Å²) in [6.45, 7) is 4.73. The Morgan fingerprint density at radius 2 is 1.90 bits per heavy atom. The number of nitrogens with zero attached hydrogens (tertiary/aromatic N) is 4. The van der Waals surface area contributed by atoms with Crippen molar-refractivity contribution >= 4 is 5.91 Å². The minimum absolute atomic E-state index is 0.141. The van der Waals surface area contributed by atoms with Gasteiger partial charge in [0.25, 0.3) is 5.91 Å². The molecule has 1 aliphatic heterocycles. The van der Waals surface area contributed by atoms with E-state index in [2.05, 4.69) is 45.4 Å². The number of pyridine rings is 1. The number of hydrogen-bond donors (Lipinski definition) is 0. The van der Waals surface area contributed by atoms with Crippen LogP contribution in [0.25, 0.3) is 0 Å². The molecule has 1 fully saturated rings. The highest BCUT2D eigenvalue weighted by Crippen LogP contribution is 2.23. The molecule has 6 nitrogen and oxygen atoms in total. The van der Waals surface area contributed by atoms with Gasteiger partial charge in [-0.3, -0.25) is 14.7 Å². The smallest absolute Gasteiger partial charge is 0.276 e. The highest BCUT2D eigenvalue weighted by Gasteiger charge is 2.24. The van der Waals surface area contributed by atoms with E-state index >= 15 is 0 Å². The van der Waals surface area contributed by atoms with Gasteiger partial charge in [-0.2, -0.15) is 0 Å². The Morgan fingerprint density at radius 3 is 2.61 bits per heavy atom. The van der Waals surface area contributed by atoms with Crippen LogP contribution in [0.2, 0.25) is 0 Å². The van der Waals surface area contributed by atoms with E-state index < -0.39 is 0 Å². The molecule has 0 saturated carbocycles. The fourth-order valence-corrected chi connectivity index (χ4v) is 4.18. The van der Waals surface area contributed by atoms with Crippen molar-refractivity contribution in [2.24, 2.45) is 5.92 Å². The second kappa shape index (κ2) is 9.88. The SMILES string of the molecule is C[C@H](c1ccccn1)N(C)C(=O)c1cc(CN2CCC(Cc3ccccc3)CC2)on1. The summed E-state index contributed by atoms with van der Waals surface area (Å²) < 4.78 is 5.49. The van der Waals surface area contributed by atoms with Crippen molar-refractivity contribution in [3.63, 3.8) is 0 Å². The molecule has 0 spiro atoms. The van der Waals surface area contributed by atoms with Crippen LogP contribution in [-0.4, -0.2) is 46.0 Å². The summed E-state index contributed by atoms with van der Waals surface area (Å²) in [5.41, 5.74) is 2.61. The molecule has 3 aromatic rings. The predicted octanol–water partition coefficient (Wildman–Crippen LogP) is 4.36. The van der Waals surface area contributed by atoms with Crippen LogP contribution in [0.3, 0.4) is 0 Å². The number of rotatable bonds is 7. The van der Waals surface area contributed by atoms with E-state index in [1.807, 2.05) is 25.1 Å². The molecule has 1 amide bonds. The Balaban J connectivity index is 1.29. The molecule has 1 aromatic carbocycles. The van der Waals surface area contributed by atoms with Crippen LogP contribution in [0.5, 0.6) is 0 Å². The summed E-state index contributed by atoms with van der Waals surface area (Å²) in [7, 11) is 1.77. The van der Waals surface area contributed by atoms with Gasteiger partial charge in [-0.05, 0) is 62.9 Å². The molecule has 3 heterocycles. The van der Waals surface area contributed by atoms with E-state index in [0.29, 0.717) is 12.2 Å². The molecule has 0 radical (unpaired) electrons. The Labute approximate surface area is 183 Å². The summed E-state index contributed by atoms with van der Waals surface area (Å²) in [5.74, 6) is 1.31. The van der Waals surface area contributed by atoms with Crippen LogP contribution in [0.1, 0.15) is 53.3 Å². The molecule has 2 aromatic heterocycles. The van der Waals surface area contributed by atoms with Gasteiger partial charge in [0.05, 0.1) is 18.3 Å². The van der Waals surface area contributed by atoms with Crippen LogP contribution >= 0.6 is 0 Å². The summed E-state index contributed by atoms with van der Waals surface area (Å²) in [6, 6.07) is 18.1. The van der Waals surface area contributed by atoms with Crippen molar-refractivity contribution in [3.8, 4) is 0 Å². The summed E-state index contributed by atoms with van der Waals surface area (Å²) in [5, 5.41) is 4.04. The zero-order valence-corrected chi connectivity index (χ0v) is 18.3. The minimum Gasteiger partial charge on any atom is -0.359 e. The van der Waals surface area contributed by atoms with Gasteiger partial charge in [-0.1, -0.05) is 41.6 Å². The highest BCUT2D eigenvalue weighted by atomic mass is 16.5. The number of aromatic nitrogens is 2. The molecule has 6 heteroatoms. The molecule has 1 atom stereocenters. The molecule has 162 valence electrons. The van der Waals surface area contributed by atoms with Crippen LogP contribution in [0.15, 0.2) is 65.3 Å². The molecule has 0 N–H and O–H groups in total. The van der Waals surface area contributed by atoms with Crippen LogP contribution in [-0.2, 0) is 13.0 Å².